The average molecular weight is 332 g/mol. The van der Waals surface area contributed by atoms with Crippen LogP contribution in [0.1, 0.15) is 51.0 Å². The highest BCUT2D eigenvalue weighted by atomic mass is 35.5. The van der Waals surface area contributed by atoms with E-state index in [1.165, 1.54) is 18.4 Å². The molecule has 0 radical (unpaired) electrons. The lowest BCUT2D eigenvalue weighted by Gasteiger charge is -2.13. The van der Waals surface area contributed by atoms with E-state index >= 15 is 0 Å². The van der Waals surface area contributed by atoms with E-state index < -0.39 is 0 Å². The van der Waals surface area contributed by atoms with E-state index in [1.54, 1.807) is 0 Å². The number of hydrogen-bond donors (Lipinski definition) is 2. The Morgan fingerprint density at radius 1 is 1.00 bits per heavy atom. The molecule has 0 unspecified atom stereocenters. The van der Waals surface area contributed by atoms with Crippen molar-refractivity contribution in [2.45, 2.75) is 51.5 Å². The van der Waals surface area contributed by atoms with E-state index in [4.69, 9.17) is 11.6 Å². The number of benzene rings is 1. The van der Waals surface area contributed by atoms with Crippen LogP contribution in [0.25, 0.3) is 0 Å². The molecule has 2 N–H and O–H groups in total. The summed E-state index contributed by atoms with van der Waals surface area (Å²) in [5.74, 6) is 1.51. The minimum absolute atomic E-state index is 0.196. The number of halogens is 1. The first-order valence-electron chi connectivity index (χ1n) is 8.15. The molecule has 2 aromatic rings. The standard InChI is InChI=1S/C17H22ClN5/c1-11(2)12-7-9-14(10-8-12)20-17-22-15(18)21-16(23-17)19-13-5-3-4-6-13/h7-11,13H,3-6H2,1-2H3,(H2,19,20,21,22,23). The molecule has 0 aliphatic heterocycles. The summed E-state index contributed by atoms with van der Waals surface area (Å²) in [7, 11) is 0. The molecular weight excluding hydrogens is 310 g/mol. The van der Waals surface area contributed by atoms with E-state index in [9.17, 15) is 0 Å². The molecule has 1 heterocycles. The van der Waals surface area contributed by atoms with Crippen molar-refractivity contribution >= 4 is 29.2 Å². The highest BCUT2D eigenvalue weighted by molar-refractivity contribution is 6.28. The lowest BCUT2D eigenvalue weighted by molar-refractivity contribution is 0.742. The molecule has 1 aliphatic rings. The Balaban J connectivity index is 1.72. The lowest BCUT2D eigenvalue weighted by atomic mass is 10.0. The molecule has 122 valence electrons. The first kappa shape index (κ1) is 16.0. The van der Waals surface area contributed by atoms with Gasteiger partial charge in [-0.25, -0.2) is 0 Å². The third kappa shape index (κ3) is 4.32. The second-order valence-corrected chi connectivity index (χ2v) is 6.62. The SMILES string of the molecule is CC(C)c1ccc(Nc2nc(Cl)nc(NC3CCCC3)n2)cc1. The second-order valence-electron chi connectivity index (χ2n) is 6.28. The maximum atomic E-state index is 6.03. The fraction of sp³-hybridized carbons (Fsp3) is 0.471. The Labute approximate surface area is 141 Å². The highest BCUT2D eigenvalue weighted by Gasteiger charge is 2.16. The van der Waals surface area contributed by atoms with Gasteiger partial charge in [-0.15, -0.1) is 0 Å². The molecule has 1 fully saturated rings. The largest absolute Gasteiger partial charge is 0.351 e. The van der Waals surface area contributed by atoms with E-state index in [0.29, 0.717) is 23.9 Å². The van der Waals surface area contributed by atoms with E-state index in [2.05, 4.69) is 51.6 Å². The van der Waals surface area contributed by atoms with E-state index in [1.807, 2.05) is 12.1 Å². The molecule has 0 amide bonds. The van der Waals surface area contributed by atoms with Crippen LogP contribution in [0.5, 0.6) is 0 Å². The van der Waals surface area contributed by atoms with Crippen molar-refractivity contribution < 1.29 is 0 Å². The minimum Gasteiger partial charge on any atom is -0.351 e. The van der Waals surface area contributed by atoms with Gasteiger partial charge in [-0.3, -0.25) is 0 Å². The molecule has 0 atom stereocenters. The van der Waals surface area contributed by atoms with Gasteiger partial charge in [0.2, 0.25) is 17.2 Å². The van der Waals surface area contributed by atoms with Gasteiger partial charge in [0.05, 0.1) is 0 Å². The maximum absolute atomic E-state index is 6.03. The van der Waals surface area contributed by atoms with Crippen LogP contribution < -0.4 is 10.6 Å². The van der Waals surface area contributed by atoms with Gasteiger partial charge in [0, 0.05) is 11.7 Å². The van der Waals surface area contributed by atoms with Crippen LogP contribution in [0, 0.1) is 0 Å². The third-order valence-electron chi connectivity index (χ3n) is 4.13. The summed E-state index contributed by atoms with van der Waals surface area (Å²) in [4.78, 5) is 12.7. The molecule has 0 bridgehead atoms. The predicted octanol–water partition coefficient (Wildman–Crippen LogP) is 4.75. The number of nitrogens with zero attached hydrogens (tertiary/aromatic N) is 3. The summed E-state index contributed by atoms with van der Waals surface area (Å²) in [5.41, 5.74) is 2.23. The van der Waals surface area contributed by atoms with Crippen molar-refractivity contribution in [2.75, 3.05) is 10.6 Å². The van der Waals surface area contributed by atoms with Crippen LogP contribution in [0.4, 0.5) is 17.6 Å². The number of anilines is 3. The summed E-state index contributed by atoms with van der Waals surface area (Å²) < 4.78 is 0. The van der Waals surface area contributed by atoms with Gasteiger partial charge in [0.15, 0.2) is 0 Å². The number of nitrogens with one attached hydrogen (secondary N) is 2. The molecule has 3 rings (SSSR count). The summed E-state index contributed by atoms with van der Waals surface area (Å²) in [6, 6.07) is 8.70. The normalized spacial score (nSPS) is 15.1. The van der Waals surface area contributed by atoms with Gasteiger partial charge < -0.3 is 10.6 Å². The van der Waals surface area contributed by atoms with Crippen LogP contribution in [0.2, 0.25) is 5.28 Å². The van der Waals surface area contributed by atoms with Crippen molar-refractivity contribution in [1.82, 2.24) is 15.0 Å². The van der Waals surface area contributed by atoms with Gasteiger partial charge >= 0.3 is 0 Å². The summed E-state index contributed by atoms with van der Waals surface area (Å²) >= 11 is 6.03. The molecule has 23 heavy (non-hydrogen) atoms. The van der Waals surface area contributed by atoms with Crippen LogP contribution >= 0.6 is 11.6 Å². The molecule has 5 nitrogen and oxygen atoms in total. The van der Waals surface area contributed by atoms with Gasteiger partial charge in [0.1, 0.15) is 0 Å². The summed E-state index contributed by atoms with van der Waals surface area (Å²) in [6.07, 6.45) is 4.82. The van der Waals surface area contributed by atoms with Crippen molar-refractivity contribution in [3.8, 4) is 0 Å². The van der Waals surface area contributed by atoms with Crippen LogP contribution in [-0.4, -0.2) is 21.0 Å². The van der Waals surface area contributed by atoms with Gasteiger partial charge in [0.25, 0.3) is 0 Å². The first-order valence-corrected chi connectivity index (χ1v) is 8.53. The van der Waals surface area contributed by atoms with Crippen LogP contribution in [0.3, 0.4) is 0 Å². The number of hydrogen-bond acceptors (Lipinski definition) is 5. The quantitative estimate of drug-likeness (QED) is 0.828. The van der Waals surface area contributed by atoms with Crippen LogP contribution in [-0.2, 0) is 0 Å². The Morgan fingerprint density at radius 2 is 1.65 bits per heavy atom. The van der Waals surface area contributed by atoms with Crippen molar-refractivity contribution in [1.29, 1.82) is 0 Å². The van der Waals surface area contributed by atoms with Gasteiger partial charge in [-0.2, -0.15) is 15.0 Å². The Bertz CT molecular complexity index is 651. The predicted molar refractivity (Wildman–Crippen MR) is 94.5 cm³/mol. The summed E-state index contributed by atoms with van der Waals surface area (Å²) in [6.45, 7) is 4.35. The average Bonchev–Trinajstić information content (AvgIpc) is 3.00. The smallest absolute Gasteiger partial charge is 0.233 e. The van der Waals surface area contributed by atoms with Gasteiger partial charge in [-0.05, 0) is 48.1 Å². The molecule has 1 aliphatic carbocycles. The molecule has 6 heteroatoms. The zero-order chi connectivity index (χ0) is 16.2. The molecule has 1 saturated carbocycles. The molecular formula is C17H22ClN5. The molecule has 1 aromatic heterocycles. The van der Waals surface area contributed by atoms with Crippen molar-refractivity contribution in [2.24, 2.45) is 0 Å². The topological polar surface area (TPSA) is 62.7 Å². The highest BCUT2D eigenvalue weighted by Crippen LogP contribution is 2.23. The number of rotatable bonds is 5. The fourth-order valence-corrected chi connectivity index (χ4v) is 2.96. The lowest BCUT2D eigenvalue weighted by Crippen LogP contribution is -2.17. The monoisotopic (exact) mass is 331 g/mol. The van der Waals surface area contributed by atoms with Crippen molar-refractivity contribution in [3.63, 3.8) is 0 Å². The zero-order valence-corrected chi connectivity index (χ0v) is 14.3. The Morgan fingerprint density at radius 3 is 2.30 bits per heavy atom. The van der Waals surface area contributed by atoms with Crippen LogP contribution in [0.15, 0.2) is 24.3 Å². The molecule has 0 saturated heterocycles. The minimum atomic E-state index is 0.196. The Hall–Kier alpha value is -1.88. The first-order chi connectivity index (χ1) is 11.1. The third-order valence-corrected chi connectivity index (χ3v) is 4.30. The van der Waals surface area contributed by atoms with E-state index in [-0.39, 0.29) is 5.28 Å². The second kappa shape index (κ2) is 7.13. The summed E-state index contributed by atoms with van der Waals surface area (Å²) in [5, 5.41) is 6.73. The van der Waals surface area contributed by atoms with Gasteiger partial charge in [-0.1, -0.05) is 38.8 Å². The number of aromatic nitrogens is 3. The van der Waals surface area contributed by atoms with E-state index in [0.717, 1.165) is 18.5 Å². The molecule has 0 spiro atoms. The zero-order valence-electron chi connectivity index (χ0n) is 13.5. The Kier molecular flexibility index (Phi) is 4.96. The fourth-order valence-electron chi connectivity index (χ4n) is 2.80. The van der Waals surface area contributed by atoms with Crippen molar-refractivity contribution in [3.05, 3.63) is 35.1 Å². The molecule has 1 aromatic carbocycles. The maximum Gasteiger partial charge on any atom is 0.233 e.